The van der Waals surface area contributed by atoms with Crippen LogP contribution in [0.4, 0.5) is 5.13 Å². The summed E-state index contributed by atoms with van der Waals surface area (Å²) in [6.07, 6.45) is 3.36. The summed E-state index contributed by atoms with van der Waals surface area (Å²) >= 11 is 1.42. The minimum atomic E-state index is -3.95. The summed E-state index contributed by atoms with van der Waals surface area (Å²) in [7, 11) is -3.95. The number of amides is 1. The molecule has 0 fully saturated rings. The van der Waals surface area contributed by atoms with Gasteiger partial charge >= 0.3 is 0 Å². The van der Waals surface area contributed by atoms with Crippen molar-refractivity contribution in [2.45, 2.75) is 38.1 Å². The average molecular weight is 559 g/mol. The number of anilines is 1. The Morgan fingerprint density at radius 1 is 1.00 bits per heavy atom. The third-order valence-electron chi connectivity index (χ3n) is 6.30. The fourth-order valence-electron chi connectivity index (χ4n) is 4.01. The van der Waals surface area contributed by atoms with Crippen molar-refractivity contribution in [1.82, 2.24) is 14.3 Å². The highest BCUT2D eigenvalue weighted by molar-refractivity contribution is 7.89. The van der Waals surface area contributed by atoms with Gasteiger partial charge in [0.25, 0.3) is 5.91 Å². The lowest BCUT2D eigenvalue weighted by atomic mass is 10.1. The summed E-state index contributed by atoms with van der Waals surface area (Å²) < 4.78 is 28.4. The van der Waals surface area contributed by atoms with Gasteiger partial charge in [0.1, 0.15) is 0 Å². The van der Waals surface area contributed by atoms with E-state index in [1.807, 2.05) is 44.2 Å². The van der Waals surface area contributed by atoms with Gasteiger partial charge in [-0.15, -0.1) is 0 Å². The normalized spacial score (nSPS) is 11.3. The Bertz CT molecular complexity index is 1650. The molecular formula is C28H26N6O3S2. The van der Waals surface area contributed by atoms with Crippen LogP contribution in [0.3, 0.4) is 0 Å². The van der Waals surface area contributed by atoms with E-state index in [1.54, 1.807) is 23.4 Å². The number of carbonyl (C=O) groups excluding carboxylic acids is 1. The van der Waals surface area contributed by atoms with E-state index >= 15 is 0 Å². The molecule has 2 heterocycles. The highest BCUT2D eigenvalue weighted by Crippen LogP contribution is 2.33. The molecule has 4 rings (SSSR count). The number of hydrogen-bond acceptors (Lipinski definition) is 8. The summed E-state index contributed by atoms with van der Waals surface area (Å²) in [4.78, 5) is 24.3. The first kappa shape index (κ1) is 27.9. The van der Waals surface area contributed by atoms with Gasteiger partial charge in [-0.2, -0.15) is 14.8 Å². The molecule has 2 aromatic carbocycles. The van der Waals surface area contributed by atoms with Crippen LogP contribution in [-0.2, 0) is 16.6 Å². The highest BCUT2D eigenvalue weighted by atomic mass is 32.2. The van der Waals surface area contributed by atoms with Gasteiger partial charge in [0, 0.05) is 43.9 Å². The van der Waals surface area contributed by atoms with Gasteiger partial charge in [-0.3, -0.25) is 14.7 Å². The standard InChI is InChI=1S/C28H26N6O3S2/c1-20-7-12-25-26(21(20)2)32-28(38-25)34(19-22-6-3-15-31-18-22)27(35)23-8-10-24(11-9-23)39(36,37)33(16-4-13-29)17-5-14-30/h3,6-12,15,18H,4-5,16-17,19H2,1-2H3. The maximum Gasteiger partial charge on any atom is 0.260 e. The second kappa shape index (κ2) is 12.1. The fraction of sp³-hybridized carbons (Fsp3) is 0.250. The highest BCUT2D eigenvalue weighted by Gasteiger charge is 2.26. The summed E-state index contributed by atoms with van der Waals surface area (Å²) in [6.45, 7) is 4.22. The molecule has 9 nitrogen and oxygen atoms in total. The molecule has 4 aromatic rings. The molecule has 39 heavy (non-hydrogen) atoms. The van der Waals surface area contributed by atoms with Gasteiger partial charge in [0.15, 0.2) is 5.13 Å². The van der Waals surface area contributed by atoms with E-state index in [0.717, 1.165) is 31.2 Å². The van der Waals surface area contributed by atoms with Gasteiger partial charge in [0.2, 0.25) is 10.0 Å². The molecule has 0 unspecified atom stereocenters. The lowest BCUT2D eigenvalue weighted by molar-refractivity contribution is 0.0985. The Morgan fingerprint density at radius 3 is 2.31 bits per heavy atom. The SMILES string of the molecule is Cc1ccc2sc(N(Cc3cccnc3)C(=O)c3ccc(S(=O)(=O)N(CCC#N)CCC#N)cc3)nc2c1C. The lowest BCUT2D eigenvalue weighted by Gasteiger charge is -2.21. The zero-order chi connectivity index (χ0) is 28.0. The predicted octanol–water partition coefficient (Wildman–Crippen LogP) is 4.97. The first-order valence-corrected chi connectivity index (χ1v) is 14.4. The van der Waals surface area contributed by atoms with Crippen molar-refractivity contribution in [2.24, 2.45) is 0 Å². The zero-order valence-electron chi connectivity index (χ0n) is 21.5. The number of pyridine rings is 1. The number of sulfonamides is 1. The monoisotopic (exact) mass is 558 g/mol. The first-order chi connectivity index (χ1) is 18.8. The van der Waals surface area contributed by atoms with Crippen LogP contribution in [0.15, 0.2) is 65.8 Å². The molecule has 0 saturated carbocycles. The van der Waals surface area contributed by atoms with Crippen molar-refractivity contribution in [3.63, 3.8) is 0 Å². The number of nitrogens with zero attached hydrogens (tertiary/aromatic N) is 6. The van der Waals surface area contributed by atoms with E-state index in [4.69, 9.17) is 15.5 Å². The van der Waals surface area contributed by atoms with Gasteiger partial charge in [-0.25, -0.2) is 13.4 Å². The van der Waals surface area contributed by atoms with Crippen LogP contribution in [0.5, 0.6) is 0 Å². The van der Waals surface area contributed by atoms with Gasteiger partial charge in [-0.05, 0) is 66.9 Å². The van der Waals surface area contributed by atoms with E-state index in [0.29, 0.717) is 10.7 Å². The van der Waals surface area contributed by atoms with E-state index in [1.165, 1.54) is 35.6 Å². The van der Waals surface area contributed by atoms with Gasteiger partial charge in [-0.1, -0.05) is 23.5 Å². The Morgan fingerprint density at radius 2 is 1.69 bits per heavy atom. The van der Waals surface area contributed by atoms with Crippen LogP contribution in [0, 0.1) is 36.5 Å². The Kier molecular flexibility index (Phi) is 8.67. The Labute approximate surface area is 231 Å². The molecule has 0 atom stereocenters. The lowest BCUT2D eigenvalue weighted by Crippen LogP contribution is -2.33. The molecule has 1 amide bonds. The number of fused-ring (bicyclic) bond motifs is 1. The number of aryl methyl sites for hydroxylation is 2. The van der Waals surface area contributed by atoms with E-state index in [2.05, 4.69) is 4.98 Å². The predicted molar refractivity (Wildman–Crippen MR) is 150 cm³/mol. The molecule has 0 spiro atoms. The smallest absolute Gasteiger partial charge is 0.260 e. The third kappa shape index (κ3) is 6.13. The van der Waals surface area contributed by atoms with Crippen LogP contribution >= 0.6 is 11.3 Å². The van der Waals surface area contributed by atoms with Crippen LogP contribution in [-0.4, -0.2) is 41.7 Å². The van der Waals surface area contributed by atoms with Crippen LogP contribution in [0.25, 0.3) is 10.2 Å². The van der Waals surface area contributed by atoms with Crippen molar-refractivity contribution >= 4 is 42.6 Å². The molecule has 0 aliphatic carbocycles. The Hall–Kier alpha value is -4.16. The third-order valence-corrected chi connectivity index (χ3v) is 9.25. The quantitative estimate of drug-likeness (QED) is 0.268. The Balaban J connectivity index is 1.68. The minimum Gasteiger partial charge on any atom is -0.279 e. The summed E-state index contributed by atoms with van der Waals surface area (Å²) in [6, 6.07) is 17.3. The summed E-state index contributed by atoms with van der Waals surface area (Å²) in [5.41, 5.74) is 4.12. The van der Waals surface area contributed by atoms with Gasteiger partial charge < -0.3 is 0 Å². The first-order valence-electron chi connectivity index (χ1n) is 12.2. The van der Waals surface area contributed by atoms with E-state index in [-0.39, 0.29) is 43.3 Å². The molecule has 0 aliphatic heterocycles. The van der Waals surface area contributed by atoms with Crippen LogP contribution in [0.1, 0.15) is 39.9 Å². The number of hydrogen-bond donors (Lipinski definition) is 0. The fourth-order valence-corrected chi connectivity index (χ4v) is 6.47. The number of carbonyl (C=O) groups is 1. The number of nitriles is 2. The van der Waals surface area contributed by atoms with Crippen molar-refractivity contribution < 1.29 is 13.2 Å². The van der Waals surface area contributed by atoms with Crippen LogP contribution < -0.4 is 4.90 Å². The molecule has 198 valence electrons. The second-order valence-electron chi connectivity index (χ2n) is 8.85. The molecule has 0 radical (unpaired) electrons. The molecular weight excluding hydrogens is 532 g/mol. The summed E-state index contributed by atoms with van der Waals surface area (Å²) in [5.74, 6) is -0.331. The molecule has 0 N–H and O–H groups in total. The van der Waals surface area contributed by atoms with Crippen molar-refractivity contribution in [2.75, 3.05) is 18.0 Å². The molecule has 11 heteroatoms. The minimum absolute atomic E-state index is 0.00565. The average Bonchev–Trinajstić information content (AvgIpc) is 3.39. The molecule has 2 aromatic heterocycles. The molecule has 0 saturated heterocycles. The van der Waals surface area contributed by atoms with Crippen LogP contribution in [0.2, 0.25) is 0 Å². The molecule has 0 bridgehead atoms. The number of thiazole rings is 1. The second-order valence-corrected chi connectivity index (χ2v) is 11.8. The van der Waals surface area contributed by atoms with Crippen molar-refractivity contribution in [1.29, 1.82) is 10.5 Å². The topological polar surface area (TPSA) is 131 Å². The number of aromatic nitrogens is 2. The maximum absolute atomic E-state index is 13.8. The van der Waals surface area contributed by atoms with E-state index < -0.39 is 10.0 Å². The van der Waals surface area contributed by atoms with Crippen molar-refractivity contribution in [3.8, 4) is 12.1 Å². The number of benzene rings is 2. The maximum atomic E-state index is 13.8. The number of rotatable bonds is 10. The largest absolute Gasteiger partial charge is 0.279 e. The summed E-state index contributed by atoms with van der Waals surface area (Å²) in [5, 5.41) is 18.4. The van der Waals surface area contributed by atoms with Gasteiger partial charge in [0.05, 0.1) is 33.8 Å². The zero-order valence-corrected chi connectivity index (χ0v) is 23.2. The van der Waals surface area contributed by atoms with E-state index in [9.17, 15) is 13.2 Å². The van der Waals surface area contributed by atoms with Crippen molar-refractivity contribution in [3.05, 3.63) is 83.2 Å². The molecule has 0 aliphatic rings.